The molecule has 0 bridgehead atoms. The first kappa shape index (κ1) is 14.3. The van der Waals surface area contributed by atoms with Crippen LogP contribution in [0, 0.1) is 5.92 Å². The Labute approximate surface area is 114 Å². The van der Waals surface area contributed by atoms with Crippen LogP contribution in [0.3, 0.4) is 0 Å². The van der Waals surface area contributed by atoms with Gasteiger partial charge in [0.15, 0.2) is 0 Å². The van der Waals surface area contributed by atoms with E-state index in [-0.39, 0.29) is 12.0 Å². The molecular formula is C15H23NO3. The van der Waals surface area contributed by atoms with Crippen LogP contribution >= 0.6 is 0 Å². The number of rotatable bonds is 6. The van der Waals surface area contributed by atoms with Crippen molar-refractivity contribution in [1.29, 1.82) is 0 Å². The molecule has 106 valence electrons. The fourth-order valence-corrected chi connectivity index (χ4v) is 2.47. The number of hydrogen-bond acceptors (Lipinski definition) is 4. The Hall–Kier alpha value is -1.10. The molecule has 1 aliphatic rings. The lowest BCUT2D eigenvalue weighted by molar-refractivity contribution is 0.0615. The summed E-state index contributed by atoms with van der Waals surface area (Å²) in [7, 11) is 3.70. The molecule has 0 spiro atoms. The van der Waals surface area contributed by atoms with Gasteiger partial charge in [-0.25, -0.2) is 0 Å². The van der Waals surface area contributed by atoms with E-state index in [1.165, 1.54) is 5.56 Å². The van der Waals surface area contributed by atoms with Crippen molar-refractivity contribution in [2.24, 2.45) is 5.92 Å². The van der Waals surface area contributed by atoms with Crippen LogP contribution in [0.5, 0.6) is 5.75 Å². The van der Waals surface area contributed by atoms with Crippen molar-refractivity contribution in [2.45, 2.75) is 19.1 Å². The fourth-order valence-electron chi connectivity index (χ4n) is 2.47. The van der Waals surface area contributed by atoms with E-state index in [4.69, 9.17) is 9.47 Å². The topological polar surface area (TPSA) is 41.9 Å². The smallest absolute Gasteiger partial charge is 0.119 e. The Morgan fingerprint density at radius 2 is 2.37 bits per heavy atom. The quantitative estimate of drug-likeness (QED) is 0.847. The van der Waals surface area contributed by atoms with Gasteiger partial charge in [0.2, 0.25) is 0 Å². The van der Waals surface area contributed by atoms with Crippen molar-refractivity contribution in [3.05, 3.63) is 29.8 Å². The van der Waals surface area contributed by atoms with Crippen molar-refractivity contribution in [1.82, 2.24) is 4.90 Å². The molecule has 0 aromatic heterocycles. The molecule has 0 amide bonds. The molecule has 19 heavy (non-hydrogen) atoms. The first-order valence-electron chi connectivity index (χ1n) is 6.76. The highest BCUT2D eigenvalue weighted by Gasteiger charge is 2.24. The second-order valence-corrected chi connectivity index (χ2v) is 5.24. The average Bonchev–Trinajstić information content (AvgIpc) is 2.92. The van der Waals surface area contributed by atoms with E-state index in [0.29, 0.717) is 13.2 Å². The lowest BCUT2D eigenvalue weighted by atomic mass is 10.0. The van der Waals surface area contributed by atoms with Crippen LogP contribution in [-0.4, -0.2) is 50.0 Å². The van der Waals surface area contributed by atoms with Gasteiger partial charge in [-0.3, -0.25) is 4.90 Å². The predicted molar refractivity (Wildman–Crippen MR) is 74.3 cm³/mol. The molecule has 2 unspecified atom stereocenters. The first-order valence-corrected chi connectivity index (χ1v) is 6.76. The van der Waals surface area contributed by atoms with Crippen LogP contribution in [0.15, 0.2) is 24.3 Å². The van der Waals surface area contributed by atoms with Gasteiger partial charge < -0.3 is 14.6 Å². The van der Waals surface area contributed by atoms with E-state index in [1.807, 2.05) is 25.2 Å². The normalized spacial score (nSPS) is 20.7. The van der Waals surface area contributed by atoms with Crippen molar-refractivity contribution in [2.75, 3.05) is 33.9 Å². The zero-order chi connectivity index (χ0) is 13.7. The van der Waals surface area contributed by atoms with E-state index in [0.717, 1.165) is 25.3 Å². The number of benzene rings is 1. The number of hydrogen-bond donors (Lipinski definition) is 1. The second kappa shape index (κ2) is 6.89. The van der Waals surface area contributed by atoms with E-state index >= 15 is 0 Å². The minimum absolute atomic E-state index is 0.285. The molecule has 1 heterocycles. The summed E-state index contributed by atoms with van der Waals surface area (Å²) in [5.41, 5.74) is 1.19. The SMILES string of the molecule is COc1cccc(CN(C)CC(O)C2CCOC2)c1. The maximum Gasteiger partial charge on any atom is 0.119 e. The third kappa shape index (κ3) is 4.20. The predicted octanol–water partition coefficient (Wildman–Crippen LogP) is 1.52. The highest BCUT2D eigenvalue weighted by atomic mass is 16.5. The van der Waals surface area contributed by atoms with Crippen LogP contribution in [0.2, 0.25) is 0 Å². The molecule has 0 saturated carbocycles. The maximum atomic E-state index is 10.2. The van der Waals surface area contributed by atoms with Gasteiger partial charge in [0.1, 0.15) is 5.75 Å². The van der Waals surface area contributed by atoms with E-state index in [9.17, 15) is 5.11 Å². The Morgan fingerprint density at radius 1 is 1.53 bits per heavy atom. The van der Waals surface area contributed by atoms with Gasteiger partial charge in [-0.2, -0.15) is 0 Å². The Morgan fingerprint density at radius 3 is 3.05 bits per heavy atom. The zero-order valence-corrected chi connectivity index (χ0v) is 11.7. The van der Waals surface area contributed by atoms with Gasteiger partial charge in [0, 0.05) is 25.6 Å². The molecule has 1 aromatic carbocycles. The van der Waals surface area contributed by atoms with Gasteiger partial charge in [0.25, 0.3) is 0 Å². The number of methoxy groups -OCH3 is 1. The average molecular weight is 265 g/mol. The van der Waals surface area contributed by atoms with Gasteiger partial charge in [0.05, 0.1) is 19.8 Å². The molecule has 2 atom stereocenters. The summed E-state index contributed by atoms with van der Waals surface area (Å²) >= 11 is 0. The van der Waals surface area contributed by atoms with Crippen LogP contribution in [0.4, 0.5) is 0 Å². The van der Waals surface area contributed by atoms with E-state index < -0.39 is 0 Å². The van der Waals surface area contributed by atoms with Gasteiger partial charge in [-0.15, -0.1) is 0 Å². The molecule has 2 rings (SSSR count). The monoisotopic (exact) mass is 265 g/mol. The van der Waals surface area contributed by atoms with E-state index in [1.54, 1.807) is 7.11 Å². The Balaban J connectivity index is 1.84. The third-order valence-electron chi connectivity index (χ3n) is 3.59. The lowest BCUT2D eigenvalue weighted by Crippen LogP contribution is -2.34. The fraction of sp³-hybridized carbons (Fsp3) is 0.600. The van der Waals surface area contributed by atoms with Crippen LogP contribution in [0.25, 0.3) is 0 Å². The molecule has 0 aliphatic carbocycles. The Bertz CT molecular complexity index is 391. The molecule has 1 aliphatic heterocycles. The highest BCUT2D eigenvalue weighted by molar-refractivity contribution is 5.28. The number of aliphatic hydroxyl groups excluding tert-OH is 1. The summed E-state index contributed by atoms with van der Waals surface area (Å²) in [5.74, 6) is 1.16. The van der Waals surface area contributed by atoms with Gasteiger partial charge in [-0.05, 0) is 31.2 Å². The highest BCUT2D eigenvalue weighted by Crippen LogP contribution is 2.18. The van der Waals surface area contributed by atoms with Crippen molar-refractivity contribution >= 4 is 0 Å². The number of ether oxygens (including phenoxy) is 2. The first-order chi connectivity index (χ1) is 9.19. The van der Waals surface area contributed by atoms with Crippen LogP contribution in [0.1, 0.15) is 12.0 Å². The summed E-state index contributed by atoms with van der Waals surface area (Å²) in [4.78, 5) is 2.14. The molecule has 1 saturated heterocycles. The van der Waals surface area contributed by atoms with Crippen molar-refractivity contribution in [3.63, 3.8) is 0 Å². The maximum absolute atomic E-state index is 10.2. The van der Waals surface area contributed by atoms with Gasteiger partial charge in [-0.1, -0.05) is 12.1 Å². The molecule has 1 N–H and O–H groups in total. The molecule has 1 fully saturated rings. The molecule has 0 radical (unpaired) electrons. The van der Waals surface area contributed by atoms with Crippen LogP contribution < -0.4 is 4.74 Å². The zero-order valence-electron chi connectivity index (χ0n) is 11.7. The van der Waals surface area contributed by atoms with Crippen LogP contribution in [-0.2, 0) is 11.3 Å². The largest absolute Gasteiger partial charge is 0.497 e. The van der Waals surface area contributed by atoms with E-state index in [2.05, 4.69) is 11.0 Å². The summed E-state index contributed by atoms with van der Waals surface area (Å²) in [6, 6.07) is 8.03. The molecule has 1 aromatic rings. The van der Waals surface area contributed by atoms with Crippen molar-refractivity contribution < 1.29 is 14.6 Å². The second-order valence-electron chi connectivity index (χ2n) is 5.24. The summed E-state index contributed by atoms with van der Waals surface area (Å²) < 4.78 is 10.5. The minimum Gasteiger partial charge on any atom is -0.497 e. The molecule has 4 heteroatoms. The molecular weight excluding hydrogens is 242 g/mol. The lowest BCUT2D eigenvalue weighted by Gasteiger charge is -2.23. The summed E-state index contributed by atoms with van der Waals surface area (Å²) in [5, 5.41) is 10.2. The van der Waals surface area contributed by atoms with Gasteiger partial charge >= 0.3 is 0 Å². The summed E-state index contributed by atoms with van der Waals surface area (Å²) in [6.45, 7) is 2.95. The standard InChI is InChI=1S/C15H23NO3/c1-16(10-15(17)13-6-7-19-11-13)9-12-4-3-5-14(8-12)18-2/h3-5,8,13,15,17H,6-7,9-11H2,1-2H3. The Kier molecular flexibility index (Phi) is 5.19. The third-order valence-corrected chi connectivity index (χ3v) is 3.59. The van der Waals surface area contributed by atoms with Crippen molar-refractivity contribution in [3.8, 4) is 5.75 Å². The minimum atomic E-state index is -0.307. The number of likely N-dealkylation sites (N-methyl/N-ethyl adjacent to an activating group) is 1. The number of aliphatic hydroxyl groups is 1. The number of nitrogens with zero attached hydrogens (tertiary/aromatic N) is 1. The summed E-state index contributed by atoms with van der Waals surface area (Å²) in [6.07, 6.45) is 0.659. The molecule has 4 nitrogen and oxygen atoms in total.